The Labute approximate surface area is 412 Å². The molecule has 22 nitrogen and oxygen atoms in total. The van der Waals surface area contributed by atoms with Crippen molar-refractivity contribution in [2.75, 3.05) is 19.8 Å². The van der Waals surface area contributed by atoms with Crippen LogP contribution >= 0.6 is 0 Å². The molecule has 0 aromatic heterocycles. The Morgan fingerprint density at radius 2 is 1.18 bits per heavy atom. The molecule has 32 atom stereocenters. The lowest BCUT2D eigenvalue weighted by Crippen LogP contribution is -2.65. The van der Waals surface area contributed by atoms with Crippen molar-refractivity contribution in [3.63, 3.8) is 0 Å². The Kier molecular flexibility index (Phi) is 14.8. The van der Waals surface area contributed by atoms with Crippen molar-refractivity contribution in [2.45, 2.75) is 227 Å². The number of rotatable bonds is 8. The average molecular weight is 1020 g/mol. The van der Waals surface area contributed by atoms with Crippen LogP contribution in [0.1, 0.15) is 80.1 Å². The molecule has 406 valence electrons. The second-order valence-corrected chi connectivity index (χ2v) is 23.2. The van der Waals surface area contributed by atoms with Gasteiger partial charge in [0.05, 0.1) is 56.4 Å². The van der Waals surface area contributed by atoms with Crippen LogP contribution in [0.5, 0.6) is 0 Å². The topological polar surface area (TPSA) is 335 Å². The fourth-order valence-corrected chi connectivity index (χ4v) is 15.2. The third-order valence-corrected chi connectivity index (χ3v) is 19.2. The molecular weight excluding hydrogens is 941 g/mol. The van der Waals surface area contributed by atoms with E-state index in [1.807, 2.05) is 6.92 Å². The van der Waals surface area contributed by atoms with E-state index < -0.39 is 153 Å². The van der Waals surface area contributed by atoms with Crippen molar-refractivity contribution in [3.05, 3.63) is 11.6 Å². The van der Waals surface area contributed by atoms with Crippen LogP contribution in [0, 0.1) is 46.3 Å². The van der Waals surface area contributed by atoms with Gasteiger partial charge in [-0.15, -0.1) is 0 Å². The molecular formula is C49H78O22. The molecule has 9 fully saturated rings. The summed E-state index contributed by atoms with van der Waals surface area (Å²) in [4.78, 5) is 0. The van der Waals surface area contributed by atoms with Gasteiger partial charge in [0.2, 0.25) is 0 Å². The summed E-state index contributed by atoms with van der Waals surface area (Å²) >= 11 is 0. The minimum absolute atomic E-state index is 0.0169. The molecule has 0 bridgehead atoms. The van der Waals surface area contributed by atoms with Crippen LogP contribution < -0.4 is 0 Å². The van der Waals surface area contributed by atoms with Crippen molar-refractivity contribution < 1.29 is 109 Å². The van der Waals surface area contributed by atoms with E-state index in [9.17, 15) is 61.3 Å². The molecule has 6 heterocycles. The molecule has 4 aliphatic carbocycles. The summed E-state index contributed by atoms with van der Waals surface area (Å²) in [5.41, 5.74) is 0.128. The number of aliphatic hydroxyl groups excluding tert-OH is 12. The zero-order valence-corrected chi connectivity index (χ0v) is 41.1. The summed E-state index contributed by atoms with van der Waals surface area (Å²) in [7, 11) is 0. The first-order valence-corrected chi connectivity index (χ1v) is 25.9. The molecule has 12 N–H and O–H groups in total. The standard InChI is InChI=1S/C49H78O22/c1-17-14-64-49(42(61)39(17)68-44-37(59)34(56)31(53)19(3)65-44)18(2)30-28(71-49)13-25-23-8-7-21-11-22(50)12-29(48(21,6)24(23)9-10-47(25,30)5)67-46-41(70-45-38(60)35(57)32(54)20(4)66-45)40(27(52)16-63-46)69-43-36(58)33(55)26(51)15-62-43/h7,17-20,22-46,50-61H,8-16H2,1-6H3/t17-,18-,19+,20-,22+,23+,24-,25-,26+,27-,28-,29+,30-,31-,32-,33-,34-,35+,36+,37+,38+,39-,40-,41+,42-,43-,44-,45-,46-,47-,48-,49-/m0/s1. The number of allylic oxidation sites excluding steroid dienone is 1. The van der Waals surface area contributed by atoms with Gasteiger partial charge in [-0.1, -0.05) is 39.3 Å². The molecule has 10 rings (SSSR count). The molecule has 0 unspecified atom stereocenters. The summed E-state index contributed by atoms with van der Waals surface area (Å²) < 4.78 is 62.7. The minimum Gasteiger partial charge on any atom is -0.393 e. The zero-order valence-electron chi connectivity index (χ0n) is 41.1. The Hall–Kier alpha value is -1.14. The van der Waals surface area contributed by atoms with Gasteiger partial charge < -0.3 is 109 Å². The van der Waals surface area contributed by atoms with E-state index in [1.165, 1.54) is 6.92 Å². The Bertz CT molecular complexity index is 1920. The summed E-state index contributed by atoms with van der Waals surface area (Å²) in [5.74, 6) is -1.70. The number of hydrogen-bond acceptors (Lipinski definition) is 22. The lowest BCUT2D eigenvalue weighted by Gasteiger charge is -2.61. The van der Waals surface area contributed by atoms with E-state index in [1.54, 1.807) is 6.92 Å². The number of aliphatic hydroxyl groups is 12. The molecule has 6 saturated heterocycles. The van der Waals surface area contributed by atoms with Gasteiger partial charge in [0.1, 0.15) is 79.4 Å². The molecule has 0 aromatic rings. The van der Waals surface area contributed by atoms with Gasteiger partial charge in [-0.25, -0.2) is 0 Å². The second-order valence-electron chi connectivity index (χ2n) is 23.2. The second kappa shape index (κ2) is 19.7. The van der Waals surface area contributed by atoms with E-state index in [0.717, 1.165) is 24.8 Å². The lowest BCUT2D eigenvalue weighted by atomic mass is 9.46. The molecule has 3 saturated carbocycles. The van der Waals surface area contributed by atoms with Crippen molar-refractivity contribution in [3.8, 4) is 0 Å². The van der Waals surface area contributed by atoms with Gasteiger partial charge in [-0.2, -0.15) is 0 Å². The summed E-state index contributed by atoms with van der Waals surface area (Å²) in [6.07, 6.45) is -24.1. The van der Waals surface area contributed by atoms with Gasteiger partial charge in [-0.05, 0) is 75.0 Å². The molecule has 22 heteroatoms. The summed E-state index contributed by atoms with van der Waals surface area (Å²) in [6, 6.07) is 0. The highest BCUT2D eigenvalue weighted by Crippen LogP contribution is 2.71. The number of hydrogen-bond donors (Lipinski definition) is 12. The number of ether oxygens (including phenoxy) is 10. The fraction of sp³-hybridized carbons (Fsp3) is 0.959. The van der Waals surface area contributed by atoms with Crippen LogP contribution in [0.4, 0.5) is 0 Å². The molecule has 10 aliphatic rings. The third kappa shape index (κ3) is 8.63. The SMILES string of the molecule is C[C@@H]1O[C@@H](O[C@H]2[C@H](O[C@@H]3C[C@H](O)CC4=CC[C@H]5[C@@H]6C[C@@H]7O[C@@]8(OC[C@H](C)[C@H](O[C@@H]9O[C@H](C)[C@H](O)[C@H](O)[C@H]9O)[C@@H]8O)[C@@H](C)[C@@H]7[C@@]6(C)CC[C@@H]5[C@]43C)OC[C@H](O)[C@@H]2O[C@@H]2OC[C@@H](O)[C@H](O)[C@H]2O)[C@H](O)[C@H](O)[C@H]1O. The highest BCUT2D eigenvalue weighted by atomic mass is 16.8. The molecule has 1 spiro atoms. The monoisotopic (exact) mass is 1020 g/mol. The maximum Gasteiger partial charge on any atom is 0.200 e. The van der Waals surface area contributed by atoms with Crippen LogP contribution in [0.2, 0.25) is 0 Å². The first-order chi connectivity index (χ1) is 33.5. The van der Waals surface area contributed by atoms with E-state index in [0.29, 0.717) is 12.8 Å². The highest BCUT2D eigenvalue weighted by molar-refractivity contribution is 5.29. The van der Waals surface area contributed by atoms with Gasteiger partial charge in [-0.3, -0.25) is 0 Å². The van der Waals surface area contributed by atoms with Crippen molar-refractivity contribution >= 4 is 0 Å². The van der Waals surface area contributed by atoms with Crippen LogP contribution in [0.25, 0.3) is 0 Å². The Morgan fingerprint density at radius 1 is 0.592 bits per heavy atom. The normalized spacial score (nSPS) is 59.5. The Balaban J connectivity index is 0.895. The maximum atomic E-state index is 12.2. The molecule has 6 aliphatic heterocycles. The van der Waals surface area contributed by atoms with Crippen LogP contribution in [-0.4, -0.2) is 228 Å². The predicted molar refractivity (Wildman–Crippen MR) is 238 cm³/mol. The lowest BCUT2D eigenvalue weighted by molar-refractivity contribution is -0.382. The van der Waals surface area contributed by atoms with Crippen molar-refractivity contribution in [1.29, 1.82) is 0 Å². The third-order valence-electron chi connectivity index (χ3n) is 19.2. The first-order valence-electron chi connectivity index (χ1n) is 25.9. The Morgan fingerprint density at radius 3 is 1.85 bits per heavy atom. The van der Waals surface area contributed by atoms with E-state index >= 15 is 0 Å². The van der Waals surface area contributed by atoms with E-state index in [2.05, 4.69) is 26.8 Å². The molecule has 0 radical (unpaired) electrons. The minimum atomic E-state index is -1.77. The molecule has 0 aromatic carbocycles. The van der Waals surface area contributed by atoms with Crippen LogP contribution in [-0.2, 0) is 47.4 Å². The smallest absolute Gasteiger partial charge is 0.200 e. The maximum absolute atomic E-state index is 12.2. The largest absolute Gasteiger partial charge is 0.393 e. The molecule has 71 heavy (non-hydrogen) atoms. The van der Waals surface area contributed by atoms with E-state index in [4.69, 9.17) is 47.4 Å². The van der Waals surface area contributed by atoms with Gasteiger partial charge in [0.25, 0.3) is 0 Å². The van der Waals surface area contributed by atoms with Crippen molar-refractivity contribution in [2.24, 2.45) is 46.3 Å². The average Bonchev–Trinajstić information content (AvgIpc) is 3.79. The quantitative estimate of drug-likeness (QED) is 0.110. The highest BCUT2D eigenvalue weighted by Gasteiger charge is 2.72. The van der Waals surface area contributed by atoms with Crippen LogP contribution in [0.15, 0.2) is 11.6 Å². The van der Waals surface area contributed by atoms with Crippen molar-refractivity contribution in [1.82, 2.24) is 0 Å². The molecule has 0 amide bonds. The number of fused-ring (bicyclic) bond motifs is 7. The summed E-state index contributed by atoms with van der Waals surface area (Å²) in [5, 5.41) is 131. The zero-order chi connectivity index (χ0) is 51.0. The fourth-order valence-electron chi connectivity index (χ4n) is 15.2. The predicted octanol–water partition coefficient (Wildman–Crippen LogP) is -2.74. The summed E-state index contributed by atoms with van der Waals surface area (Å²) in [6.45, 7) is 10.9. The van der Waals surface area contributed by atoms with Gasteiger partial charge in [0, 0.05) is 23.7 Å². The van der Waals surface area contributed by atoms with E-state index in [-0.39, 0.29) is 66.7 Å². The first kappa shape index (κ1) is 53.3. The van der Waals surface area contributed by atoms with Gasteiger partial charge in [0.15, 0.2) is 30.9 Å². The van der Waals surface area contributed by atoms with Crippen LogP contribution in [0.3, 0.4) is 0 Å². The van der Waals surface area contributed by atoms with Gasteiger partial charge >= 0.3 is 0 Å².